The molecule has 1 saturated heterocycles. The highest BCUT2D eigenvalue weighted by molar-refractivity contribution is 6.11. The molecule has 2 heterocycles. The first-order valence-electron chi connectivity index (χ1n) is 8.02. The summed E-state index contributed by atoms with van der Waals surface area (Å²) in [7, 11) is 3.84. The maximum atomic E-state index is 12.9. The van der Waals surface area contributed by atoms with Crippen LogP contribution in [0.4, 0.5) is 0 Å². The average Bonchev–Trinajstić information content (AvgIpc) is 2.92. The van der Waals surface area contributed by atoms with Gasteiger partial charge < -0.3 is 4.90 Å². The van der Waals surface area contributed by atoms with Crippen molar-refractivity contribution in [1.82, 2.24) is 14.8 Å². The molecule has 5 heteroatoms. The minimum absolute atomic E-state index is 0.0771. The molecular weight excluding hydrogens is 302 g/mol. The molecule has 2 unspecified atom stereocenters. The molecule has 1 fully saturated rings. The topological polar surface area (TPSA) is 53.5 Å². The standard InChI is InChI=1S/C19H21N3O2/c1-21(2)13-22-17(14-7-4-3-5-8-14)11-16(19(22)24)18(23)15-9-6-10-20-12-15/h3-10,12,16-17H,11,13H2,1-2H3. The number of aromatic nitrogens is 1. The van der Waals surface area contributed by atoms with Gasteiger partial charge in [0.25, 0.3) is 0 Å². The van der Waals surface area contributed by atoms with E-state index >= 15 is 0 Å². The molecule has 1 aromatic carbocycles. The van der Waals surface area contributed by atoms with Gasteiger partial charge in [-0.1, -0.05) is 30.3 Å². The largest absolute Gasteiger partial charge is 0.322 e. The SMILES string of the molecule is CN(C)CN1C(=O)C(C(=O)c2cccnc2)CC1c1ccccc1. The molecule has 0 spiro atoms. The van der Waals surface area contributed by atoms with Crippen molar-refractivity contribution < 1.29 is 9.59 Å². The molecule has 0 radical (unpaired) electrons. The normalized spacial score (nSPS) is 20.6. The van der Waals surface area contributed by atoms with Gasteiger partial charge in [0.2, 0.25) is 5.91 Å². The Labute approximate surface area is 141 Å². The summed E-state index contributed by atoms with van der Waals surface area (Å²) in [6.07, 6.45) is 3.66. The lowest BCUT2D eigenvalue weighted by Crippen LogP contribution is -2.38. The first-order chi connectivity index (χ1) is 11.6. The van der Waals surface area contributed by atoms with Gasteiger partial charge in [0.05, 0.1) is 12.7 Å². The molecule has 2 atom stereocenters. The van der Waals surface area contributed by atoms with Gasteiger partial charge >= 0.3 is 0 Å². The van der Waals surface area contributed by atoms with Gasteiger partial charge in [0, 0.05) is 18.0 Å². The Balaban J connectivity index is 1.90. The molecular formula is C19H21N3O2. The fourth-order valence-corrected chi connectivity index (χ4v) is 3.20. The quantitative estimate of drug-likeness (QED) is 0.626. The van der Waals surface area contributed by atoms with Crippen LogP contribution < -0.4 is 0 Å². The summed E-state index contributed by atoms with van der Waals surface area (Å²) >= 11 is 0. The van der Waals surface area contributed by atoms with Gasteiger partial charge in [-0.25, -0.2) is 0 Å². The van der Waals surface area contributed by atoms with Gasteiger partial charge in [-0.3, -0.25) is 19.5 Å². The smallest absolute Gasteiger partial charge is 0.235 e. The zero-order valence-corrected chi connectivity index (χ0v) is 13.9. The van der Waals surface area contributed by atoms with Crippen LogP contribution in [0, 0.1) is 5.92 Å². The van der Waals surface area contributed by atoms with Gasteiger partial charge in [-0.2, -0.15) is 0 Å². The molecule has 1 amide bonds. The van der Waals surface area contributed by atoms with E-state index in [-0.39, 0.29) is 17.7 Å². The summed E-state index contributed by atoms with van der Waals surface area (Å²) < 4.78 is 0. The second-order valence-electron chi connectivity index (χ2n) is 6.35. The number of benzene rings is 1. The molecule has 0 aliphatic carbocycles. The molecule has 5 nitrogen and oxygen atoms in total. The van der Waals surface area contributed by atoms with E-state index in [2.05, 4.69) is 4.98 Å². The number of hydrogen-bond acceptors (Lipinski definition) is 4. The number of carbonyl (C=O) groups is 2. The van der Waals surface area contributed by atoms with Gasteiger partial charge in [-0.05, 0) is 38.2 Å². The van der Waals surface area contributed by atoms with Crippen LogP contribution in [-0.2, 0) is 4.79 Å². The molecule has 1 aliphatic heterocycles. The van der Waals surface area contributed by atoms with Crippen molar-refractivity contribution in [1.29, 1.82) is 0 Å². The van der Waals surface area contributed by atoms with Crippen molar-refractivity contribution in [3.8, 4) is 0 Å². The van der Waals surface area contributed by atoms with Crippen molar-refractivity contribution in [2.45, 2.75) is 12.5 Å². The maximum Gasteiger partial charge on any atom is 0.235 e. The summed E-state index contributed by atoms with van der Waals surface area (Å²) in [4.78, 5) is 33.4. The number of Topliss-reactive ketones (excluding diaryl/α,β-unsaturated/α-hetero) is 1. The van der Waals surface area contributed by atoms with Crippen molar-refractivity contribution in [3.05, 3.63) is 66.0 Å². The number of hydrogen-bond donors (Lipinski definition) is 0. The molecule has 3 rings (SSSR count). The molecule has 24 heavy (non-hydrogen) atoms. The molecule has 0 bridgehead atoms. The highest BCUT2D eigenvalue weighted by Crippen LogP contribution is 2.37. The highest BCUT2D eigenvalue weighted by Gasteiger charge is 2.44. The molecule has 2 aromatic rings. The Hall–Kier alpha value is -2.53. The summed E-state index contributed by atoms with van der Waals surface area (Å²) in [6, 6.07) is 13.3. The first kappa shape index (κ1) is 16.3. The number of amides is 1. The van der Waals surface area contributed by atoms with E-state index in [0.717, 1.165) is 5.56 Å². The summed E-state index contributed by atoms with van der Waals surface area (Å²) in [5, 5.41) is 0. The fourth-order valence-electron chi connectivity index (χ4n) is 3.20. The zero-order valence-electron chi connectivity index (χ0n) is 13.9. The first-order valence-corrected chi connectivity index (χ1v) is 8.02. The van der Waals surface area contributed by atoms with Crippen LogP contribution in [0.1, 0.15) is 28.4 Å². The van der Waals surface area contributed by atoms with Gasteiger partial charge in [-0.15, -0.1) is 0 Å². The van der Waals surface area contributed by atoms with Crippen molar-refractivity contribution in [2.24, 2.45) is 5.92 Å². The fraction of sp³-hybridized carbons (Fsp3) is 0.316. The van der Waals surface area contributed by atoms with E-state index < -0.39 is 5.92 Å². The van der Waals surface area contributed by atoms with Crippen molar-refractivity contribution in [2.75, 3.05) is 20.8 Å². The number of ketones is 1. The second-order valence-corrected chi connectivity index (χ2v) is 6.35. The van der Waals surface area contributed by atoms with E-state index in [1.165, 1.54) is 6.20 Å². The Morgan fingerprint density at radius 3 is 2.58 bits per heavy atom. The third-order valence-electron chi connectivity index (χ3n) is 4.30. The number of nitrogens with zero attached hydrogens (tertiary/aromatic N) is 3. The lowest BCUT2D eigenvalue weighted by molar-refractivity contribution is -0.132. The summed E-state index contributed by atoms with van der Waals surface area (Å²) in [5.74, 6) is -0.888. The number of likely N-dealkylation sites (tertiary alicyclic amines) is 1. The lowest BCUT2D eigenvalue weighted by atomic mass is 9.93. The van der Waals surface area contributed by atoms with Crippen LogP contribution >= 0.6 is 0 Å². The molecule has 1 aliphatic rings. The molecule has 0 N–H and O–H groups in total. The van der Waals surface area contributed by atoms with E-state index in [1.807, 2.05) is 49.3 Å². The second kappa shape index (κ2) is 6.93. The molecule has 1 aromatic heterocycles. The lowest BCUT2D eigenvalue weighted by Gasteiger charge is -2.28. The molecule has 0 saturated carbocycles. The van der Waals surface area contributed by atoms with Crippen LogP contribution in [0.2, 0.25) is 0 Å². The average molecular weight is 323 g/mol. The number of rotatable bonds is 5. The van der Waals surface area contributed by atoms with Crippen molar-refractivity contribution in [3.63, 3.8) is 0 Å². The highest BCUT2D eigenvalue weighted by atomic mass is 16.2. The van der Waals surface area contributed by atoms with E-state index in [1.54, 1.807) is 23.2 Å². The Morgan fingerprint density at radius 1 is 1.21 bits per heavy atom. The van der Waals surface area contributed by atoms with Crippen LogP contribution in [0.5, 0.6) is 0 Å². The third kappa shape index (κ3) is 3.21. The Kier molecular flexibility index (Phi) is 4.71. The van der Waals surface area contributed by atoms with Crippen molar-refractivity contribution >= 4 is 11.7 Å². The summed E-state index contributed by atoms with van der Waals surface area (Å²) in [6.45, 7) is 0.495. The van der Waals surface area contributed by atoms with Crippen LogP contribution in [0.3, 0.4) is 0 Å². The Bertz CT molecular complexity index is 716. The predicted octanol–water partition coefficient (Wildman–Crippen LogP) is 2.37. The Morgan fingerprint density at radius 2 is 1.96 bits per heavy atom. The maximum absolute atomic E-state index is 12.9. The van der Waals surface area contributed by atoms with E-state index in [9.17, 15) is 9.59 Å². The third-order valence-corrected chi connectivity index (χ3v) is 4.30. The number of carbonyl (C=O) groups excluding carboxylic acids is 2. The molecule has 124 valence electrons. The minimum atomic E-state index is -0.639. The van der Waals surface area contributed by atoms with Gasteiger partial charge in [0.1, 0.15) is 5.92 Å². The van der Waals surface area contributed by atoms with Crippen LogP contribution in [0.25, 0.3) is 0 Å². The van der Waals surface area contributed by atoms with Crippen LogP contribution in [0.15, 0.2) is 54.9 Å². The van der Waals surface area contributed by atoms with E-state index in [4.69, 9.17) is 0 Å². The monoisotopic (exact) mass is 323 g/mol. The van der Waals surface area contributed by atoms with Crippen LogP contribution in [-0.4, -0.2) is 47.2 Å². The number of pyridine rings is 1. The predicted molar refractivity (Wildman–Crippen MR) is 91.3 cm³/mol. The summed E-state index contributed by atoms with van der Waals surface area (Å²) in [5.41, 5.74) is 1.56. The zero-order chi connectivity index (χ0) is 17.1. The van der Waals surface area contributed by atoms with Gasteiger partial charge in [0.15, 0.2) is 5.78 Å². The minimum Gasteiger partial charge on any atom is -0.322 e. The van der Waals surface area contributed by atoms with E-state index in [0.29, 0.717) is 18.7 Å².